The number of hydrogen-bond donors (Lipinski definition) is 1. The lowest BCUT2D eigenvalue weighted by Crippen LogP contribution is -2.40. The average molecular weight is 242 g/mol. The standard InChI is InChI=1S/C11H18N2O2S/c1-10(12-16(3,14)15)9-13(2)11-7-5-4-6-8-11/h4-8,10,12H,9H2,1-3H3. The molecule has 0 saturated carbocycles. The van der Waals surface area contributed by atoms with Crippen molar-refractivity contribution in [1.82, 2.24) is 4.72 Å². The van der Waals surface area contributed by atoms with E-state index < -0.39 is 10.0 Å². The number of nitrogens with one attached hydrogen (secondary N) is 1. The van der Waals surface area contributed by atoms with Gasteiger partial charge in [-0.2, -0.15) is 0 Å². The van der Waals surface area contributed by atoms with Crippen LogP contribution in [0.4, 0.5) is 5.69 Å². The summed E-state index contributed by atoms with van der Waals surface area (Å²) in [5.41, 5.74) is 1.07. The van der Waals surface area contributed by atoms with Crippen LogP contribution in [0.1, 0.15) is 6.92 Å². The van der Waals surface area contributed by atoms with E-state index in [1.807, 2.05) is 49.2 Å². The van der Waals surface area contributed by atoms with E-state index in [2.05, 4.69) is 4.72 Å². The molecule has 0 aromatic heterocycles. The van der Waals surface area contributed by atoms with Crippen LogP contribution >= 0.6 is 0 Å². The van der Waals surface area contributed by atoms with Gasteiger partial charge in [-0.15, -0.1) is 0 Å². The van der Waals surface area contributed by atoms with Crippen LogP contribution in [0.3, 0.4) is 0 Å². The summed E-state index contributed by atoms with van der Waals surface area (Å²) in [6, 6.07) is 9.75. The molecule has 4 nitrogen and oxygen atoms in total. The van der Waals surface area contributed by atoms with E-state index >= 15 is 0 Å². The van der Waals surface area contributed by atoms with Gasteiger partial charge in [0.1, 0.15) is 0 Å². The predicted octanol–water partition coefficient (Wildman–Crippen LogP) is 1.06. The molecule has 5 heteroatoms. The molecule has 1 atom stereocenters. The number of para-hydroxylation sites is 1. The monoisotopic (exact) mass is 242 g/mol. The predicted molar refractivity (Wildman–Crippen MR) is 67.2 cm³/mol. The molecule has 0 aliphatic heterocycles. The third kappa shape index (κ3) is 4.63. The van der Waals surface area contributed by atoms with Crippen LogP contribution < -0.4 is 9.62 Å². The second kappa shape index (κ2) is 5.32. The van der Waals surface area contributed by atoms with Crippen molar-refractivity contribution >= 4 is 15.7 Å². The van der Waals surface area contributed by atoms with E-state index in [9.17, 15) is 8.42 Å². The lowest BCUT2D eigenvalue weighted by Gasteiger charge is -2.23. The van der Waals surface area contributed by atoms with Gasteiger partial charge >= 0.3 is 0 Å². The first kappa shape index (κ1) is 13.0. The van der Waals surface area contributed by atoms with E-state index in [0.717, 1.165) is 5.69 Å². The molecule has 0 aliphatic carbocycles. The third-order valence-corrected chi connectivity index (χ3v) is 2.99. The number of anilines is 1. The van der Waals surface area contributed by atoms with Crippen molar-refractivity contribution in [2.45, 2.75) is 13.0 Å². The molecule has 0 radical (unpaired) electrons. The van der Waals surface area contributed by atoms with Crippen LogP contribution in [0.2, 0.25) is 0 Å². The molecule has 1 aromatic carbocycles. The third-order valence-electron chi connectivity index (χ3n) is 2.16. The Hall–Kier alpha value is -1.07. The maximum Gasteiger partial charge on any atom is 0.209 e. The molecule has 1 unspecified atom stereocenters. The van der Waals surface area contributed by atoms with Crippen molar-refractivity contribution in [3.05, 3.63) is 30.3 Å². The number of benzene rings is 1. The van der Waals surface area contributed by atoms with Crippen molar-refractivity contribution in [3.63, 3.8) is 0 Å². The maximum absolute atomic E-state index is 11.0. The van der Waals surface area contributed by atoms with E-state index in [0.29, 0.717) is 6.54 Å². The second-order valence-corrected chi connectivity index (χ2v) is 5.79. The summed E-state index contributed by atoms with van der Waals surface area (Å²) in [6.45, 7) is 2.48. The quantitative estimate of drug-likeness (QED) is 0.840. The fraction of sp³-hybridized carbons (Fsp3) is 0.455. The zero-order valence-electron chi connectivity index (χ0n) is 9.84. The number of rotatable bonds is 5. The summed E-state index contributed by atoms with van der Waals surface area (Å²) < 4.78 is 24.6. The molecule has 0 amide bonds. The van der Waals surface area contributed by atoms with Crippen molar-refractivity contribution in [2.75, 3.05) is 24.7 Å². The van der Waals surface area contributed by atoms with Crippen LogP contribution in [0, 0.1) is 0 Å². The summed E-state index contributed by atoms with van der Waals surface area (Å²) in [7, 11) is -1.19. The lowest BCUT2D eigenvalue weighted by molar-refractivity contribution is 0.565. The minimum Gasteiger partial charge on any atom is -0.373 e. The second-order valence-electron chi connectivity index (χ2n) is 4.01. The van der Waals surface area contributed by atoms with Crippen molar-refractivity contribution in [3.8, 4) is 0 Å². The van der Waals surface area contributed by atoms with Gasteiger partial charge in [-0.05, 0) is 19.1 Å². The molecule has 1 N–H and O–H groups in total. The van der Waals surface area contributed by atoms with Crippen LogP contribution in [0.5, 0.6) is 0 Å². The Kier molecular flexibility index (Phi) is 4.32. The summed E-state index contributed by atoms with van der Waals surface area (Å²) in [4.78, 5) is 2.02. The van der Waals surface area contributed by atoms with Gasteiger partial charge in [0.25, 0.3) is 0 Å². The summed E-state index contributed by atoms with van der Waals surface area (Å²) in [5.74, 6) is 0. The number of nitrogens with zero attached hydrogens (tertiary/aromatic N) is 1. The van der Waals surface area contributed by atoms with Crippen LogP contribution in [0.25, 0.3) is 0 Å². The van der Waals surface area contributed by atoms with E-state index in [1.54, 1.807) is 0 Å². The molecular formula is C11H18N2O2S. The smallest absolute Gasteiger partial charge is 0.209 e. The SMILES string of the molecule is CC(CN(C)c1ccccc1)NS(C)(=O)=O. The van der Waals surface area contributed by atoms with Crippen molar-refractivity contribution < 1.29 is 8.42 Å². The van der Waals surface area contributed by atoms with E-state index in [-0.39, 0.29) is 6.04 Å². The first-order chi connectivity index (χ1) is 7.38. The minimum absolute atomic E-state index is 0.111. The minimum atomic E-state index is -3.13. The Morgan fingerprint density at radius 2 is 1.88 bits per heavy atom. The fourth-order valence-corrected chi connectivity index (χ4v) is 2.41. The highest BCUT2D eigenvalue weighted by molar-refractivity contribution is 7.88. The molecule has 1 rings (SSSR count). The number of likely N-dealkylation sites (N-methyl/N-ethyl adjacent to an activating group) is 1. The highest BCUT2D eigenvalue weighted by Crippen LogP contribution is 2.10. The zero-order valence-corrected chi connectivity index (χ0v) is 10.7. The normalized spacial score (nSPS) is 13.4. The van der Waals surface area contributed by atoms with Gasteiger partial charge in [-0.25, -0.2) is 13.1 Å². The molecule has 0 aliphatic rings. The molecule has 0 heterocycles. The molecular weight excluding hydrogens is 224 g/mol. The zero-order chi connectivity index (χ0) is 12.2. The van der Waals surface area contributed by atoms with E-state index in [1.165, 1.54) is 6.26 Å². The average Bonchev–Trinajstić information content (AvgIpc) is 2.16. The van der Waals surface area contributed by atoms with Crippen LogP contribution in [-0.4, -0.2) is 34.3 Å². The molecule has 16 heavy (non-hydrogen) atoms. The molecule has 90 valence electrons. The molecule has 0 bridgehead atoms. The van der Waals surface area contributed by atoms with Crippen molar-refractivity contribution in [1.29, 1.82) is 0 Å². The summed E-state index contributed by atoms with van der Waals surface area (Å²) in [5, 5.41) is 0. The Labute approximate surface area is 97.3 Å². The topological polar surface area (TPSA) is 49.4 Å². The first-order valence-corrected chi connectivity index (χ1v) is 7.01. The number of hydrogen-bond acceptors (Lipinski definition) is 3. The number of sulfonamides is 1. The summed E-state index contributed by atoms with van der Waals surface area (Å²) >= 11 is 0. The fourth-order valence-electron chi connectivity index (χ4n) is 1.60. The Morgan fingerprint density at radius 1 is 1.31 bits per heavy atom. The van der Waals surface area contributed by atoms with Gasteiger partial charge in [-0.1, -0.05) is 18.2 Å². The molecule has 0 fully saturated rings. The Bertz CT molecular complexity index is 417. The van der Waals surface area contributed by atoms with Gasteiger partial charge in [0.15, 0.2) is 0 Å². The van der Waals surface area contributed by atoms with Crippen molar-refractivity contribution in [2.24, 2.45) is 0 Å². The van der Waals surface area contributed by atoms with Gasteiger partial charge in [0.05, 0.1) is 6.26 Å². The summed E-state index contributed by atoms with van der Waals surface area (Å²) in [6.07, 6.45) is 1.17. The van der Waals surface area contributed by atoms with Gasteiger partial charge in [0.2, 0.25) is 10.0 Å². The first-order valence-electron chi connectivity index (χ1n) is 5.12. The highest BCUT2D eigenvalue weighted by atomic mass is 32.2. The highest BCUT2D eigenvalue weighted by Gasteiger charge is 2.11. The Balaban J connectivity index is 2.55. The molecule has 0 spiro atoms. The van der Waals surface area contributed by atoms with Gasteiger partial charge in [-0.3, -0.25) is 0 Å². The maximum atomic E-state index is 11.0. The Morgan fingerprint density at radius 3 is 2.38 bits per heavy atom. The van der Waals surface area contributed by atoms with Gasteiger partial charge in [0, 0.05) is 25.3 Å². The van der Waals surface area contributed by atoms with Gasteiger partial charge < -0.3 is 4.90 Å². The largest absolute Gasteiger partial charge is 0.373 e. The molecule has 0 saturated heterocycles. The van der Waals surface area contributed by atoms with Crippen LogP contribution in [0.15, 0.2) is 30.3 Å². The molecule has 1 aromatic rings. The lowest BCUT2D eigenvalue weighted by atomic mass is 10.2. The van der Waals surface area contributed by atoms with Crippen LogP contribution in [-0.2, 0) is 10.0 Å². The van der Waals surface area contributed by atoms with E-state index in [4.69, 9.17) is 0 Å².